The number of fused-ring (bicyclic) bond motifs is 1. The SMILES string of the molecule is Nc1ncnc2cc(CN3CCN(CCOc4ccc(Cl)s4)CC3=O)ccc12. The van der Waals surface area contributed by atoms with Crippen LogP contribution in [0.3, 0.4) is 0 Å². The average Bonchev–Trinajstić information content (AvgIpc) is 3.09. The lowest BCUT2D eigenvalue weighted by molar-refractivity contribution is -0.136. The Morgan fingerprint density at radius 1 is 1.21 bits per heavy atom. The van der Waals surface area contributed by atoms with Gasteiger partial charge in [-0.15, -0.1) is 0 Å². The third-order valence-corrected chi connectivity index (χ3v) is 5.85. The van der Waals surface area contributed by atoms with E-state index in [0.29, 0.717) is 42.9 Å². The van der Waals surface area contributed by atoms with Crippen LogP contribution in [0.25, 0.3) is 10.9 Å². The number of carbonyl (C=O) groups is 1. The zero-order valence-electron chi connectivity index (χ0n) is 15.2. The van der Waals surface area contributed by atoms with Crippen molar-refractivity contribution in [1.29, 1.82) is 0 Å². The summed E-state index contributed by atoms with van der Waals surface area (Å²) in [7, 11) is 0. The molecule has 1 amide bonds. The molecule has 0 spiro atoms. The molecule has 4 rings (SSSR count). The van der Waals surface area contributed by atoms with E-state index < -0.39 is 0 Å². The molecule has 1 saturated heterocycles. The summed E-state index contributed by atoms with van der Waals surface area (Å²) < 4.78 is 6.39. The second kappa shape index (κ2) is 8.30. The van der Waals surface area contributed by atoms with E-state index in [1.807, 2.05) is 35.2 Å². The van der Waals surface area contributed by atoms with Crippen LogP contribution in [-0.2, 0) is 11.3 Å². The van der Waals surface area contributed by atoms with Crippen molar-refractivity contribution in [2.24, 2.45) is 0 Å². The number of benzene rings is 1. The number of ether oxygens (including phenoxy) is 1. The van der Waals surface area contributed by atoms with Gasteiger partial charge in [0, 0.05) is 31.6 Å². The Morgan fingerprint density at radius 3 is 2.89 bits per heavy atom. The smallest absolute Gasteiger partial charge is 0.237 e. The molecule has 0 aliphatic carbocycles. The number of nitrogens with two attached hydrogens (primary N) is 1. The van der Waals surface area contributed by atoms with Crippen LogP contribution in [0.4, 0.5) is 5.82 Å². The molecule has 0 atom stereocenters. The molecule has 3 heterocycles. The molecule has 1 aliphatic heterocycles. The molecule has 2 N–H and O–H groups in total. The maximum absolute atomic E-state index is 12.5. The molecule has 0 saturated carbocycles. The lowest BCUT2D eigenvalue weighted by Gasteiger charge is -2.34. The van der Waals surface area contributed by atoms with Crippen molar-refractivity contribution in [3.05, 3.63) is 46.6 Å². The van der Waals surface area contributed by atoms with Gasteiger partial charge in [-0.3, -0.25) is 9.69 Å². The lowest BCUT2D eigenvalue weighted by atomic mass is 10.1. The number of piperazine rings is 1. The van der Waals surface area contributed by atoms with Gasteiger partial charge in [0.05, 0.1) is 16.4 Å². The first-order valence-electron chi connectivity index (χ1n) is 8.96. The van der Waals surface area contributed by atoms with Crippen LogP contribution in [0.1, 0.15) is 5.56 Å². The fourth-order valence-corrected chi connectivity index (χ4v) is 4.11. The summed E-state index contributed by atoms with van der Waals surface area (Å²) in [6, 6.07) is 9.53. The molecule has 28 heavy (non-hydrogen) atoms. The molecule has 0 unspecified atom stereocenters. The highest BCUT2D eigenvalue weighted by molar-refractivity contribution is 7.17. The summed E-state index contributed by atoms with van der Waals surface area (Å²) >= 11 is 7.31. The van der Waals surface area contributed by atoms with E-state index >= 15 is 0 Å². The van der Waals surface area contributed by atoms with Crippen LogP contribution in [-0.4, -0.2) is 58.5 Å². The second-order valence-corrected chi connectivity index (χ2v) is 8.29. The molecule has 2 aromatic heterocycles. The van der Waals surface area contributed by atoms with Gasteiger partial charge < -0.3 is 15.4 Å². The minimum Gasteiger partial charge on any atom is -0.483 e. The molecule has 1 aliphatic rings. The van der Waals surface area contributed by atoms with Crippen LogP contribution in [0.2, 0.25) is 4.34 Å². The Kier molecular flexibility index (Phi) is 5.61. The van der Waals surface area contributed by atoms with E-state index in [0.717, 1.165) is 28.1 Å². The largest absolute Gasteiger partial charge is 0.483 e. The van der Waals surface area contributed by atoms with E-state index in [9.17, 15) is 4.79 Å². The van der Waals surface area contributed by atoms with Crippen molar-refractivity contribution in [1.82, 2.24) is 19.8 Å². The summed E-state index contributed by atoms with van der Waals surface area (Å²) in [4.78, 5) is 24.8. The van der Waals surface area contributed by atoms with Crippen molar-refractivity contribution in [3.8, 4) is 5.06 Å². The van der Waals surface area contributed by atoms with Crippen molar-refractivity contribution in [2.75, 3.05) is 38.5 Å². The minimum atomic E-state index is 0.118. The van der Waals surface area contributed by atoms with E-state index in [1.54, 1.807) is 0 Å². The van der Waals surface area contributed by atoms with Crippen molar-refractivity contribution in [2.45, 2.75) is 6.54 Å². The Morgan fingerprint density at radius 2 is 2.11 bits per heavy atom. The maximum atomic E-state index is 12.5. The summed E-state index contributed by atoms with van der Waals surface area (Å²) in [6.45, 7) is 3.72. The molecule has 0 bridgehead atoms. The van der Waals surface area contributed by atoms with E-state index in [2.05, 4.69) is 14.9 Å². The van der Waals surface area contributed by atoms with Crippen molar-refractivity contribution >= 4 is 45.6 Å². The number of hydrogen-bond acceptors (Lipinski definition) is 7. The van der Waals surface area contributed by atoms with Crippen molar-refractivity contribution < 1.29 is 9.53 Å². The molecular weight excluding hydrogens is 398 g/mol. The second-order valence-electron chi connectivity index (χ2n) is 6.61. The first-order valence-corrected chi connectivity index (χ1v) is 10.2. The summed E-state index contributed by atoms with van der Waals surface area (Å²) in [5.74, 6) is 0.584. The van der Waals surface area contributed by atoms with E-state index in [4.69, 9.17) is 22.1 Å². The highest BCUT2D eigenvalue weighted by Gasteiger charge is 2.24. The first-order chi connectivity index (χ1) is 13.6. The third-order valence-electron chi connectivity index (χ3n) is 4.70. The maximum Gasteiger partial charge on any atom is 0.237 e. The predicted octanol–water partition coefficient (Wildman–Crippen LogP) is 2.65. The van der Waals surface area contributed by atoms with Gasteiger partial charge in [-0.05, 0) is 29.8 Å². The van der Waals surface area contributed by atoms with E-state index in [-0.39, 0.29) is 5.91 Å². The van der Waals surface area contributed by atoms with Crippen LogP contribution in [0.15, 0.2) is 36.7 Å². The number of aromatic nitrogens is 2. The first kappa shape index (κ1) is 18.9. The number of carbonyl (C=O) groups excluding carboxylic acids is 1. The fraction of sp³-hybridized carbons (Fsp3) is 0.316. The Labute approximate surface area is 171 Å². The highest BCUT2D eigenvalue weighted by atomic mass is 35.5. The molecule has 1 aromatic carbocycles. The monoisotopic (exact) mass is 417 g/mol. The standard InChI is InChI=1S/C19H20ClN5O2S/c20-16-3-4-18(28-16)27-8-7-24-5-6-25(17(26)11-24)10-13-1-2-14-15(9-13)22-12-23-19(14)21/h1-4,9,12H,5-8,10-11H2,(H2,21,22,23). The van der Waals surface area contributed by atoms with Gasteiger partial charge in [0.15, 0.2) is 5.06 Å². The van der Waals surface area contributed by atoms with Gasteiger partial charge in [-0.1, -0.05) is 29.0 Å². The molecule has 0 radical (unpaired) electrons. The summed E-state index contributed by atoms with van der Waals surface area (Å²) in [5.41, 5.74) is 7.69. The fourth-order valence-electron chi connectivity index (χ4n) is 3.21. The molecule has 3 aromatic rings. The van der Waals surface area contributed by atoms with Crippen LogP contribution < -0.4 is 10.5 Å². The Balaban J connectivity index is 1.30. The number of rotatable bonds is 6. The van der Waals surface area contributed by atoms with Crippen LogP contribution in [0.5, 0.6) is 5.06 Å². The van der Waals surface area contributed by atoms with Crippen LogP contribution >= 0.6 is 22.9 Å². The van der Waals surface area contributed by atoms with Crippen molar-refractivity contribution in [3.63, 3.8) is 0 Å². The van der Waals surface area contributed by atoms with Gasteiger partial charge in [0.1, 0.15) is 18.8 Å². The average molecular weight is 418 g/mol. The lowest BCUT2D eigenvalue weighted by Crippen LogP contribution is -2.50. The number of nitrogen functional groups attached to an aromatic ring is 1. The summed E-state index contributed by atoms with van der Waals surface area (Å²) in [5, 5.41) is 1.63. The van der Waals surface area contributed by atoms with Gasteiger partial charge in [0.2, 0.25) is 5.91 Å². The molecule has 9 heteroatoms. The molecular formula is C19H20ClN5O2S. The van der Waals surface area contributed by atoms with Gasteiger partial charge in [0.25, 0.3) is 0 Å². The number of thiophene rings is 1. The zero-order valence-corrected chi connectivity index (χ0v) is 16.7. The van der Waals surface area contributed by atoms with Gasteiger partial charge in [-0.2, -0.15) is 0 Å². The Hall–Kier alpha value is -2.42. The minimum absolute atomic E-state index is 0.118. The topological polar surface area (TPSA) is 84.6 Å². The molecule has 146 valence electrons. The van der Waals surface area contributed by atoms with Gasteiger partial charge >= 0.3 is 0 Å². The molecule has 1 fully saturated rings. The van der Waals surface area contributed by atoms with Gasteiger partial charge in [-0.25, -0.2) is 9.97 Å². The Bertz CT molecular complexity index is 995. The predicted molar refractivity (Wildman–Crippen MR) is 111 cm³/mol. The normalized spacial score (nSPS) is 15.3. The third kappa shape index (κ3) is 4.35. The summed E-state index contributed by atoms with van der Waals surface area (Å²) in [6.07, 6.45) is 1.46. The van der Waals surface area contributed by atoms with Crippen LogP contribution in [0, 0.1) is 0 Å². The molecule has 7 nitrogen and oxygen atoms in total. The highest BCUT2D eigenvalue weighted by Crippen LogP contribution is 2.28. The number of halogens is 1. The quantitative estimate of drug-likeness (QED) is 0.663. The zero-order chi connectivity index (χ0) is 19.5. The van der Waals surface area contributed by atoms with E-state index in [1.165, 1.54) is 17.7 Å². The number of hydrogen-bond donors (Lipinski definition) is 1. The number of anilines is 1. The number of amides is 1. The number of nitrogens with zero attached hydrogens (tertiary/aromatic N) is 4.